The fourth-order valence-corrected chi connectivity index (χ4v) is 3.81. The number of hydrogen-bond donors (Lipinski definition) is 2. The van der Waals surface area contributed by atoms with E-state index < -0.39 is 18.0 Å². The molecule has 3 aromatic rings. The molecule has 29 heavy (non-hydrogen) atoms. The van der Waals surface area contributed by atoms with Crippen LogP contribution in [0.4, 0.5) is 5.69 Å². The Morgan fingerprint density at radius 2 is 1.72 bits per heavy atom. The Kier molecular flexibility index (Phi) is 6.29. The molecule has 150 valence electrons. The highest BCUT2D eigenvalue weighted by molar-refractivity contribution is 7.20. The third-order valence-corrected chi connectivity index (χ3v) is 5.54. The average molecular weight is 410 g/mol. The van der Waals surface area contributed by atoms with Gasteiger partial charge in [0.15, 0.2) is 6.10 Å². The SMILES string of the molecule is Cc1cccc(C)c1NC(=O)CNC(=O)[C@H](C)OC(=O)c1cc2ccccc2s1. The molecule has 0 aliphatic heterocycles. The van der Waals surface area contributed by atoms with E-state index in [1.807, 2.05) is 56.3 Å². The van der Waals surface area contributed by atoms with Crippen LogP contribution in [-0.2, 0) is 14.3 Å². The van der Waals surface area contributed by atoms with Crippen LogP contribution in [0.2, 0.25) is 0 Å². The number of amides is 2. The van der Waals surface area contributed by atoms with Crippen molar-refractivity contribution in [2.24, 2.45) is 0 Å². The van der Waals surface area contributed by atoms with E-state index in [0.29, 0.717) is 4.88 Å². The molecule has 0 saturated heterocycles. The molecule has 1 aromatic heterocycles. The lowest BCUT2D eigenvalue weighted by atomic mass is 10.1. The van der Waals surface area contributed by atoms with Crippen LogP contribution < -0.4 is 10.6 Å². The minimum absolute atomic E-state index is 0.211. The fraction of sp³-hybridized carbons (Fsp3) is 0.227. The van der Waals surface area contributed by atoms with Gasteiger partial charge in [-0.1, -0.05) is 36.4 Å². The number of hydrogen-bond acceptors (Lipinski definition) is 5. The lowest BCUT2D eigenvalue weighted by molar-refractivity contribution is -0.130. The molecule has 2 N–H and O–H groups in total. The topological polar surface area (TPSA) is 84.5 Å². The number of ether oxygens (including phenoxy) is 1. The summed E-state index contributed by atoms with van der Waals surface area (Å²) in [5.41, 5.74) is 2.61. The van der Waals surface area contributed by atoms with Crippen molar-refractivity contribution in [1.29, 1.82) is 0 Å². The van der Waals surface area contributed by atoms with Crippen LogP contribution in [0.25, 0.3) is 10.1 Å². The number of nitrogens with one attached hydrogen (secondary N) is 2. The first-order chi connectivity index (χ1) is 13.8. The second-order valence-electron chi connectivity index (χ2n) is 6.73. The molecule has 0 bridgehead atoms. The molecule has 0 aliphatic rings. The van der Waals surface area contributed by atoms with Crippen molar-refractivity contribution in [2.75, 3.05) is 11.9 Å². The molecule has 7 heteroatoms. The first kappa shape index (κ1) is 20.5. The van der Waals surface area contributed by atoms with Gasteiger partial charge in [-0.05, 0) is 49.4 Å². The van der Waals surface area contributed by atoms with E-state index in [9.17, 15) is 14.4 Å². The van der Waals surface area contributed by atoms with Crippen LogP contribution in [0, 0.1) is 13.8 Å². The van der Waals surface area contributed by atoms with E-state index in [0.717, 1.165) is 26.9 Å². The lowest BCUT2D eigenvalue weighted by Gasteiger charge is -2.14. The summed E-state index contributed by atoms with van der Waals surface area (Å²) >= 11 is 1.31. The van der Waals surface area contributed by atoms with Crippen molar-refractivity contribution >= 4 is 44.9 Å². The predicted octanol–water partition coefficient (Wildman–Crippen LogP) is 3.82. The number of rotatable bonds is 6. The van der Waals surface area contributed by atoms with E-state index in [4.69, 9.17) is 4.74 Å². The number of aryl methyl sites for hydroxylation is 2. The van der Waals surface area contributed by atoms with E-state index in [1.54, 1.807) is 6.07 Å². The Labute approximate surface area is 172 Å². The van der Waals surface area contributed by atoms with Crippen LogP contribution in [-0.4, -0.2) is 30.4 Å². The maximum atomic E-state index is 12.3. The van der Waals surface area contributed by atoms with Crippen molar-refractivity contribution in [2.45, 2.75) is 26.9 Å². The Balaban J connectivity index is 1.52. The molecule has 2 aromatic carbocycles. The van der Waals surface area contributed by atoms with Gasteiger partial charge in [0.1, 0.15) is 4.88 Å². The maximum Gasteiger partial charge on any atom is 0.349 e. The number of carbonyl (C=O) groups is 3. The van der Waals surface area contributed by atoms with Gasteiger partial charge < -0.3 is 15.4 Å². The van der Waals surface area contributed by atoms with Crippen molar-refractivity contribution in [3.05, 3.63) is 64.5 Å². The van der Waals surface area contributed by atoms with Gasteiger partial charge in [0.05, 0.1) is 6.54 Å². The van der Waals surface area contributed by atoms with Gasteiger partial charge in [0.2, 0.25) is 5.91 Å². The van der Waals surface area contributed by atoms with Crippen molar-refractivity contribution in [1.82, 2.24) is 5.32 Å². The van der Waals surface area contributed by atoms with Crippen LogP contribution in [0.1, 0.15) is 27.7 Å². The normalized spacial score (nSPS) is 11.7. The molecule has 0 saturated carbocycles. The Morgan fingerprint density at radius 1 is 1.03 bits per heavy atom. The standard InChI is InChI=1S/C22H22N2O4S/c1-13-7-6-8-14(2)20(13)24-19(25)12-23-21(26)15(3)28-22(27)18-11-16-9-4-5-10-17(16)29-18/h4-11,15H,12H2,1-3H3,(H,23,26)(H,24,25)/t15-/m0/s1. The molecule has 0 aliphatic carbocycles. The maximum absolute atomic E-state index is 12.3. The number of para-hydroxylation sites is 1. The quantitative estimate of drug-likeness (QED) is 0.605. The molecule has 0 spiro atoms. The van der Waals surface area contributed by atoms with Gasteiger partial charge in [-0.3, -0.25) is 9.59 Å². The van der Waals surface area contributed by atoms with E-state index in [1.165, 1.54) is 18.3 Å². The van der Waals surface area contributed by atoms with Crippen LogP contribution in [0.5, 0.6) is 0 Å². The summed E-state index contributed by atoms with van der Waals surface area (Å²) in [6, 6.07) is 15.1. The monoisotopic (exact) mass is 410 g/mol. The van der Waals surface area contributed by atoms with E-state index >= 15 is 0 Å². The summed E-state index contributed by atoms with van der Waals surface area (Å²) in [6.07, 6.45) is -1.01. The first-order valence-electron chi connectivity index (χ1n) is 9.18. The largest absolute Gasteiger partial charge is 0.448 e. The average Bonchev–Trinajstić information content (AvgIpc) is 3.13. The molecule has 0 unspecified atom stereocenters. The number of thiophene rings is 1. The van der Waals surface area contributed by atoms with Crippen molar-refractivity contribution < 1.29 is 19.1 Å². The van der Waals surface area contributed by atoms with Crippen LogP contribution >= 0.6 is 11.3 Å². The Bertz CT molecular complexity index is 1020. The van der Waals surface area contributed by atoms with Crippen molar-refractivity contribution in [3.8, 4) is 0 Å². The minimum Gasteiger partial charge on any atom is -0.448 e. The zero-order valence-electron chi connectivity index (χ0n) is 16.4. The Hall–Kier alpha value is -3.19. The summed E-state index contributed by atoms with van der Waals surface area (Å²) < 4.78 is 6.22. The summed E-state index contributed by atoms with van der Waals surface area (Å²) in [5.74, 6) is -1.44. The second-order valence-corrected chi connectivity index (χ2v) is 7.81. The summed E-state index contributed by atoms with van der Waals surface area (Å²) in [5, 5.41) is 6.24. The number of benzene rings is 2. The van der Waals surface area contributed by atoms with Crippen molar-refractivity contribution in [3.63, 3.8) is 0 Å². The molecule has 3 rings (SSSR count). The van der Waals surface area contributed by atoms with Gasteiger partial charge in [-0.25, -0.2) is 4.79 Å². The lowest BCUT2D eigenvalue weighted by Crippen LogP contribution is -2.40. The second kappa shape index (κ2) is 8.87. The molecular weight excluding hydrogens is 388 g/mol. The molecule has 0 fully saturated rings. The third kappa shape index (κ3) is 5.00. The number of anilines is 1. The predicted molar refractivity (Wildman–Crippen MR) is 114 cm³/mol. The highest BCUT2D eigenvalue weighted by Crippen LogP contribution is 2.26. The van der Waals surface area contributed by atoms with Crippen LogP contribution in [0.3, 0.4) is 0 Å². The molecule has 2 amide bonds. The van der Waals surface area contributed by atoms with E-state index in [-0.39, 0.29) is 12.5 Å². The Morgan fingerprint density at radius 3 is 2.41 bits per heavy atom. The summed E-state index contributed by atoms with van der Waals surface area (Å²) in [4.78, 5) is 37.1. The zero-order valence-corrected chi connectivity index (χ0v) is 17.3. The fourth-order valence-electron chi connectivity index (χ4n) is 2.86. The number of fused-ring (bicyclic) bond motifs is 1. The van der Waals surface area contributed by atoms with Crippen LogP contribution in [0.15, 0.2) is 48.5 Å². The summed E-state index contributed by atoms with van der Waals surface area (Å²) in [6.45, 7) is 5.06. The van der Waals surface area contributed by atoms with Gasteiger partial charge in [0.25, 0.3) is 5.91 Å². The molecule has 1 heterocycles. The zero-order chi connectivity index (χ0) is 21.0. The molecular formula is C22H22N2O4S. The highest BCUT2D eigenvalue weighted by Gasteiger charge is 2.21. The number of carbonyl (C=O) groups excluding carboxylic acids is 3. The third-order valence-electron chi connectivity index (χ3n) is 4.45. The smallest absolute Gasteiger partial charge is 0.349 e. The first-order valence-corrected chi connectivity index (χ1v) is 10.00. The highest BCUT2D eigenvalue weighted by atomic mass is 32.1. The molecule has 1 atom stereocenters. The van der Waals surface area contributed by atoms with Gasteiger partial charge in [-0.2, -0.15) is 0 Å². The molecule has 6 nitrogen and oxygen atoms in total. The molecule has 0 radical (unpaired) electrons. The van der Waals surface area contributed by atoms with E-state index in [2.05, 4.69) is 10.6 Å². The minimum atomic E-state index is -1.01. The summed E-state index contributed by atoms with van der Waals surface area (Å²) in [7, 11) is 0. The van der Waals surface area contributed by atoms with Gasteiger partial charge >= 0.3 is 5.97 Å². The number of esters is 1. The van der Waals surface area contributed by atoms with Gasteiger partial charge in [-0.15, -0.1) is 11.3 Å². The van der Waals surface area contributed by atoms with Gasteiger partial charge in [0, 0.05) is 10.4 Å².